The highest BCUT2D eigenvalue weighted by Gasteiger charge is 2.23. The minimum atomic E-state index is -0.0202. The fourth-order valence-electron chi connectivity index (χ4n) is 2.96. The number of nitrogens with one attached hydrogen (secondary N) is 1. The van der Waals surface area contributed by atoms with E-state index >= 15 is 0 Å². The smallest absolute Gasteiger partial charge is 0.272 e. The summed E-state index contributed by atoms with van der Waals surface area (Å²) < 4.78 is 0. The second kappa shape index (κ2) is 7.61. The Balaban J connectivity index is 1.74. The lowest BCUT2D eigenvalue weighted by molar-refractivity contribution is 0.0637. The summed E-state index contributed by atoms with van der Waals surface area (Å²) in [6.07, 6.45) is 0. The van der Waals surface area contributed by atoms with Gasteiger partial charge in [0.2, 0.25) is 0 Å². The molecule has 1 amide bonds. The van der Waals surface area contributed by atoms with Gasteiger partial charge in [-0.25, -0.2) is 9.97 Å². The number of carbonyl (C=O) groups excluding carboxylic acids is 1. The van der Waals surface area contributed by atoms with Crippen molar-refractivity contribution in [2.24, 2.45) is 0 Å². The highest BCUT2D eigenvalue weighted by molar-refractivity contribution is 5.93. The number of aryl methyl sites for hydroxylation is 2. The summed E-state index contributed by atoms with van der Waals surface area (Å²) in [6.45, 7) is 10.4. The molecule has 0 aliphatic carbocycles. The second-order valence-electron chi connectivity index (χ2n) is 6.40. The number of rotatable bonds is 4. The zero-order valence-corrected chi connectivity index (χ0v) is 15.1. The Labute approximate surface area is 148 Å². The molecule has 0 atom stereocenters. The number of amides is 1. The lowest BCUT2D eigenvalue weighted by Crippen LogP contribution is -2.48. The van der Waals surface area contributed by atoms with Gasteiger partial charge in [-0.2, -0.15) is 0 Å². The molecule has 1 aliphatic heterocycles. The summed E-state index contributed by atoms with van der Waals surface area (Å²) in [7, 11) is 0. The van der Waals surface area contributed by atoms with Crippen molar-refractivity contribution >= 4 is 17.4 Å². The fraction of sp³-hybridized carbons (Fsp3) is 0.421. The minimum Gasteiger partial charge on any atom is -0.340 e. The van der Waals surface area contributed by atoms with E-state index in [0.29, 0.717) is 17.3 Å². The summed E-state index contributed by atoms with van der Waals surface area (Å²) >= 11 is 0. The molecule has 6 heteroatoms. The molecule has 1 aromatic carbocycles. The maximum absolute atomic E-state index is 12.8. The van der Waals surface area contributed by atoms with Gasteiger partial charge in [0, 0.05) is 37.9 Å². The molecule has 1 saturated heterocycles. The predicted octanol–water partition coefficient (Wildman–Crippen LogP) is 2.61. The van der Waals surface area contributed by atoms with Gasteiger partial charge in [-0.1, -0.05) is 24.6 Å². The van der Waals surface area contributed by atoms with Gasteiger partial charge in [0.05, 0.1) is 0 Å². The predicted molar refractivity (Wildman–Crippen MR) is 99.2 cm³/mol. The molecule has 6 nitrogen and oxygen atoms in total. The maximum atomic E-state index is 12.8. The van der Waals surface area contributed by atoms with Gasteiger partial charge in [0.25, 0.3) is 5.91 Å². The summed E-state index contributed by atoms with van der Waals surface area (Å²) in [5, 5.41) is 3.26. The van der Waals surface area contributed by atoms with E-state index in [9.17, 15) is 4.79 Å². The Bertz CT molecular complexity index is 736. The van der Waals surface area contributed by atoms with Crippen molar-refractivity contribution < 1.29 is 4.79 Å². The Kier molecular flexibility index (Phi) is 5.28. The van der Waals surface area contributed by atoms with Crippen LogP contribution in [0.1, 0.15) is 28.8 Å². The molecule has 1 aromatic heterocycles. The summed E-state index contributed by atoms with van der Waals surface area (Å²) in [5.74, 6) is 1.22. The van der Waals surface area contributed by atoms with Gasteiger partial charge in [-0.15, -0.1) is 0 Å². The number of piperazine rings is 1. The van der Waals surface area contributed by atoms with E-state index in [2.05, 4.69) is 27.1 Å². The molecule has 1 aliphatic rings. The molecule has 0 saturated carbocycles. The first-order valence-corrected chi connectivity index (χ1v) is 8.76. The largest absolute Gasteiger partial charge is 0.340 e. The van der Waals surface area contributed by atoms with Gasteiger partial charge in [0.15, 0.2) is 0 Å². The number of likely N-dealkylation sites (N-methyl/N-ethyl adjacent to an activating group) is 1. The van der Waals surface area contributed by atoms with Crippen molar-refractivity contribution in [2.45, 2.75) is 20.8 Å². The number of anilines is 2. The number of nitrogens with zero attached hydrogens (tertiary/aromatic N) is 4. The Hall–Kier alpha value is -2.47. The topological polar surface area (TPSA) is 61.4 Å². The lowest BCUT2D eigenvalue weighted by Gasteiger charge is -2.33. The number of benzene rings is 1. The van der Waals surface area contributed by atoms with Crippen molar-refractivity contribution in [2.75, 3.05) is 38.0 Å². The Morgan fingerprint density at radius 3 is 2.40 bits per heavy atom. The number of hydrogen-bond donors (Lipinski definition) is 1. The van der Waals surface area contributed by atoms with Crippen LogP contribution in [0.2, 0.25) is 0 Å². The molecular weight excluding hydrogens is 314 g/mol. The molecular formula is C19H25N5O. The minimum absolute atomic E-state index is 0.0202. The van der Waals surface area contributed by atoms with Crippen LogP contribution in [0.5, 0.6) is 0 Å². The fourth-order valence-corrected chi connectivity index (χ4v) is 2.96. The van der Waals surface area contributed by atoms with Gasteiger partial charge in [-0.3, -0.25) is 4.79 Å². The number of hydrogen-bond acceptors (Lipinski definition) is 5. The SMILES string of the molecule is CCN1CCN(C(=O)c2cc(Nc3ccc(C)cc3)nc(C)n2)CC1. The van der Waals surface area contributed by atoms with Crippen molar-refractivity contribution in [1.29, 1.82) is 0 Å². The van der Waals surface area contributed by atoms with Gasteiger partial charge >= 0.3 is 0 Å². The van der Waals surface area contributed by atoms with E-state index in [1.54, 1.807) is 6.07 Å². The molecule has 2 aromatic rings. The summed E-state index contributed by atoms with van der Waals surface area (Å²) in [5.41, 5.74) is 2.59. The van der Waals surface area contributed by atoms with Crippen molar-refractivity contribution in [3.8, 4) is 0 Å². The molecule has 1 fully saturated rings. The van der Waals surface area contributed by atoms with Crippen molar-refractivity contribution in [1.82, 2.24) is 19.8 Å². The zero-order valence-electron chi connectivity index (χ0n) is 15.1. The third-order valence-electron chi connectivity index (χ3n) is 4.49. The Morgan fingerprint density at radius 1 is 1.08 bits per heavy atom. The molecule has 0 radical (unpaired) electrons. The lowest BCUT2D eigenvalue weighted by atomic mass is 10.2. The normalized spacial score (nSPS) is 15.2. The number of aromatic nitrogens is 2. The molecule has 1 N–H and O–H groups in total. The monoisotopic (exact) mass is 339 g/mol. The summed E-state index contributed by atoms with van der Waals surface area (Å²) in [6, 6.07) is 9.81. The molecule has 0 bridgehead atoms. The number of carbonyl (C=O) groups is 1. The third kappa shape index (κ3) is 4.33. The van der Waals surface area contributed by atoms with E-state index in [1.165, 1.54) is 5.56 Å². The first kappa shape index (κ1) is 17.4. The van der Waals surface area contributed by atoms with Crippen molar-refractivity contribution in [3.63, 3.8) is 0 Å². The Morgan fingerprint density at radius 2 is 1.76 bits per heavy atom. The van der Waals surface area contributed by atoms with Crippen LogP contribution in [0.3, 0.4) is 0 Å². The van der Waals surface area contributed by atoms with Crippen LogP contribution in [-0.4, -0.2) is 58.4 Å². The molecule has 0 unspecified atom stereocenters. The highest BCUT2D eigenvalue weighted by atomic mass is 16.2. The van der Waals surface area contributed by atoms with Crippen LogP contribution in [0.15, 0.2) is 30.3 Å². The molecule has 0 spiro atoms. The summed E-state index contributed by atoms with van der Waals surface area (Å²) in [4.78, 5) is 25.8. The first-order valence-electron chi connectivity index (χ1n) is 8.76. The standard InChI is InChI=1S/C19H25N5O/c1-4-23-9-11-24(12-10-23)19(25)17-13-18(21-15(3)20-17)22-16-7-5-14(2)6-8-16/h5-8,13H,4,9-12H2,1-3H3,(H,20,21,22). The zero-order chi connectivity index (χ0) is 17.8. The highest BCUT2D eigenvalue weighted by Crippen LogP contribution is 2.17. The van der Waals surface area contributed by atoms with Gasteiger partial charge < -0.3 is 15.1 Å². The first-order chi connectivity index (χ1) is 12.0. The molecule has 2 heterocycles. The quantitative estimate of drug-likeness (QED) is 0.928. The maximum Gasteiger partial charge on any atom is 0.272 e. The van der Waals surface area contributed by atoms with E-state index in [4.69, 9.17) is 0 Å². The van der Waals surface area contributed by atoms with E-state index in [-0.39, 0.29) is 5.91 Å². The van der Waals surface area contributed by atoms with Gasteiger partial charge in [0.1, 0.15) is 17.3 Å². The van der Waals surface area contributed by atoms with Crippen LogP contribution in [-0.2, 0) is 0 Å². The van der Waals surface area contributed by atoms with E-state index in [1.807, 2.05) is 43.0 Å². The molecule has 25 heavy (non-hydrogen) atoms. The van der Waals surface area contributed by atoms with Crippen LogP contribution >= 0.6 is 0 Å². The average molecular weight is 339 g/mol. The van der Waals surface area contributed by atoms with Gasteiger partial charge in [-0.05, 0) is 32.5 Å². The molecule has 132 valence electrons. The van der Waals surface area contributed by atoms with Crippen LogP contribution in [0.4, 0.5) is 11.5 Å². The average Bonchev–Trinajstić information content (AvgIpc) is 2.62. The van der Waals surface area contributed by atoms with E-state index in [0.717, 1.165) is 38.4 Å². The van der Waals surface area contributed by atoms with Crippen molar-refractivity contribution in [3.05, 3.63) is 47.4 Å². The van der Waals surface area contributed by atoms with E-state index < -0.39 is 0 Å². The van der Waals surface area contributed by atoms with Crippen LogP contribution < -0.4 is 5.32 Å². The molecule has 3 rings (SSSR count). The van der Waals surface area contributed by atoms with Crippen LogP contribution in [0, 0.1) is 13.8 Å². The second-order valence-corrected chi connectivity index (χ2v) is 6.40. The van der Waals surface area contributed by atoms with Crippen LogP contribution in [0.25, 0.3) is 0 Å². The third-order valence-corrected chi connectivity index (χ3v) is 4.49.